The Kier molecular flexibility index (Phi) is 4.83. The van der Waals surface area contributed by atoms with E-state index in [-0.39, 0.29) is 10.7 Å². The highest BCUT2D eigenvalue weighted by Gasteiger charge is 2.39. The van der Waals surface area contributed by atoms with E-state index >= 15 is 0 Å². The molecule has 2 aliphatic carbocycles. The lowest BCUT2D eigenvalue weighted by Crippen LogP contribution is -2.54. The monoisotopic (exact) mass is 284 g/mol. The van der Waals surface area contributed by atoms with Gasteiger partial charge >= 0.3 is 0 Å². The van der Waals surface area contributed by atoms with E-state index in [0.717, 1.165) is 12.8 Å². The maximum atomic E-state index is 12.1. The molecule has 0 saturated heterocycles. The van der Waals surface area contributed by atoms with Crippen LogP contribution in [-0.2, 0) is 4.79 Å². The molecule has 2 aliphatic rings. The van der Waals surface area contributed by atoms with Gasteiger partial charge in [-0.1, -0.05) is 27.2 Å². The highest BCUT2D eigenvalue weighted by atomic mass is 32.2. The molecular weight excluding hydrogens is 256 g/mol. The van der Waals surface area contributed by atoms with Crippen LogP contribution in [0.5, 0.6) is 0 Å². The second kappa shape index (κ2) is 6.04. The van der Waals surface area contributed by atoms with Gasteiger partial charge < -0.3 is 11.1 Å². The number of carbonyl (C=O) groups is 1. The van der Waals surface area contributed by atoms with E-state index < -0.39 is 0 Å². The van der Waals surface area contributed by atoms with Crippen LogP contribution >= 0.6 is 11.8 Å². The molecule has 2 rings (SSSR count). The van der Waals surface area contributed by atoms with Crippen molar-refractivity contribution in [2.45, 2.75) is 69.7 Å². The quantitative estimate of drug-likeness (QED) is 0.837. The van der Waals surface area contributed by atoms with E-state index in [1.165, 1.54) is 19.3 Å². The summed E-state index contributed by atoms with van der Waals surface area (Å²) in [6.07, 6.45) is 5.97. The molecular formula is C15H28N2OS. The van der Waals surface area contributed by atoms with Gasteiger partial charge in [0.05, 0.1) is 5.75 Å². The molecule has 2 fully saturated rings. The van der Waals surface area contributed by atoms with Crippen LogP contribution < -0.4 is 11.1 Å². The molecule has 0 aromatic rings. The van der Waals surface area contributed by atoms with Gasteiger partial charge in [0.25, 0.3) is 0 Å². The van der Waals surface area contributed by atoms with Gasteiger partial charge in [0.1, 0.15) is 0 Å². The minimum absolute atomic E-state index is 0.155. The van der Waals surface area contributed by atoms with Crippen LogP contribution in [0.2, 0.25) is 0 Å². The lowest BCUT2D eigenvalue weighted by atomic mass is 9.67. The molecule has 0 aliphatic heterocycles. The summed E-state index contributed by atoms with van der Waals surface area (Å²) < 4.78 is 0.155. The number of hydrogen-bond acceptors (Lipinski definition) is 3. The van der Waals surface area contributed by atoms with Crippen molar-refractivity contribution in [3.8, 4) is 0 Å². The van der Waals surface area contributed by atoms with E-state index in [0.29, 0.717) is 29.7 Å². The van der Waals surface area contributed by atoms with Crippen molar-refractivity contribution in [2.75, 3.05) is 5.75 Å². The normalized spacial score (nSPS) is 34.9. The Morgan fingerprint density at radius 1 is 1.26 bits per heavy atom. The zero-order chi connectivity index (χ0) is 14.0. The largest absolute Gasteiger partial charge is 0.352 e. The van der Waals surface area contributed by atoms with Gasteiger partial charge in [0, 0.05) is 16.8 Å². The smallest absolute Gasteiger partial charge is 0.230 e. The molecule has 110 valence electrons. The van der Waals surface area contributed by atoms with Crippen molar-refractivity contribution in [1.82, 2.24) is 5.32 Å². The highest BCUT2D eigenvalue weighted by molar-refractivity contribution is 8.01. The number of amides is 1. The van der Waals surface area contributed by atoms with Crippen LogP contribution in [0.25, 0.3) is 0 Å². The summed E-state index contributed by atoms with van der Waals surface area (Å²) >= 11 is 1.72. The molecule has 2 atom stereocenters. The molecule has 0 aromatic heterocycles. The van der Waals surface area contributed by atoms with Gasteiger partial charge in [-0.05, 0) is 37.5 Å². The Labute approximate surface area is 121 Å². The summed E-state index contributed by atoms with van der Waals surface area (Å²) in [7, 11) is 0. The van der Waals surface area contributed by atoms with Crippen molar-refractivity contribution in [3.05, 3.63) is 0 Å². The molecule has 0 radical (unpaired) electrons. The summed E-state index contributed by atoms with van der Waals surface area (Å²) in [6.45, 7) is 6.46. The fourth-order valence-corrected chi connectivity index (χ4v) is 4.18. The van der Waals surface area contributed by atoms with Crippen LogP contribution in [0.1, 0.15) is 52.9 Å². The van der Waals surface area contributed by atoms with Crippen molar-refractivity contribution >= 4 is 17.7 Å². The van der Waals surface area contributed by atoms with Gasteiger partial charge in [-0.2, -0.15) is 0 Å². The van der Waals surface area contributed by atoms with Gasteiger partial charge in [-0.3, -0.25) is 4.79 Å². The van der Waals surface area contributed by atoms with E-state index in [1.807, 2.05) is 0 Å². The van der Waals surface area contributed by atoms with Gasteiger partial charge in [-0.25, -0.2) is 0 Å². The second-order valence-electron chi connectivity index (χ2n) is 7.18. The lowest BCUT2D eigenvalue weighted by molar-refractivity contribution is -0.120. The maximum absolute atomic E-state index is 12.1. The number of rotatable bonds is 3. The van der Waals surface area contributed by atoms with Crippen LogP contribution in [-0.4, -0.2) is 28.5 Å². The molecule has 2 bridgehead atoms. The fraction of sp³-hybridized carbons (Fsp3) is 0.933. The first-order valence-electron chi connectivity index (χ1n) is 7.54. The molecule has 4 heteroatoms. The van der Waals surface area contributed by atoms with Crippen molar-refractivity contribution < 1.29 is 4.79 Å². The molecule has 3 nitrogen and oxygen atoms in total. The molecule has 2 saturated carbocycles. The third kappa shape index (κ3) is 4.38. The molecule has 3 N–H and O–H groups in total. The molecule has 0 heterocycles. The number of thioether (sulfide) groups is 1. The lowest BCUT2D eigenvalue weighted by Gasteiger charge is -2.45. The summed E-state index contributed by atoms with van der Waals surface area (Å²) in [5, 5.41) is 3.30. The van der Waals surface area contributed by atoms with E-state index in [1.54, 1.807) is 11.8 Å². The Balaban J connectivity index is 1.86. The maximum Gasteiger partial charge on any atom is 0.230 e. The summed E-state index contributed by atoms with van der Waals surface area (Å²) in [5.41, 5.74) is 6.12. The Hall–Kier alpha value is -0.220. The first kappa shape index (κ1) is 15.2. The SMILES string of the molecule is CC(C)(C)SCC(=O)NC1C2CCCC1CC(N)C2. The fourth-order valence-electron chi connectivity index (χ4n) is 3.53. The van der Waals surface area contributed by atoms with Crippen LogP contribution in [0.3, 0.4) is 0 Å². The van der Waals surface area contributed by atoms with Crippen LogP contribution in [0, 0.1) is 11.8 Å². The van der Waals surface area contributed by atoms with E-state index in [9.17, 15) is 4.79 Å². The van der Waals surface area contributed by atoms with Gasteiger partial charge in [-0.15, -0.1) is 11.8 Å². The zero-order valence-electron chi connectivity index (χ0n) is 12.4. The average molecular weight is 284 g/mol. The van der Waals surface area contributed by atoms with E-state index in [2.05, 4.69) is 26.1 Å². The Bertz CT molecular complexity index is 313. The van der Waals surface area contributed by atoms with Gasteiger partial charge in [0.15, 0.2) is 0 Å². The summed E-state index contributed by atoms with van der Waals surface area (Å²) in [6, 6.07) is 0.744. The standard InChI is InChI=1S/C15H28N2OS/c1-15(2,3)19-9-13(18)17-14-10-5-4-6-11(14)8-12(16)7-10/h10-12,14H,4-9,16H2,1-3H3,(H,17,18). The highest BCUT2D eigenvalue weighted by Crippen LogP contribution is 2.39. The average Bonchev–Trinajstić information content (AvgIpc) is 2.27. The third-order valence-corrected chi connectivity index (χ3v) is 5.61. The third-order valence-electron chi connectivity index (χ3n) is 4.34. The number of hydrogen-bond donors (Lipinski definition) is 2. The first-order chi connectivity index (χ1) is 8.85. The molecule has 2 unspecified atom stereocenters. The number of carbonyl (C=O) groups excluding carboxylic acids is 1. The number of nitrogens with one attached hydrogen (secondary N) is 1. The number of fused-ring (bicyclic) bond motifs is 2. The predicted octanol–water partition coefficient (Wildman–Crippen LogP) is 2.54. The van der Waals surface area contributed by atoms with Crippen LogP contribution in [0.4, 0.5) is 0 Å². The predicted molar refractivity (Wildman–Crippen MR) is 82.2 cm³/mol. The second-order valence-corrected chi connectivity index (χ2v) is 8.98. The number of nitrogens with two attached hydrogens (primary N) is 1. The molecule has 1 amide bonds. The Morgan fingerprint density at radius 2 is 1.84 bits per heavy atom. The first-order valence-corrected chi connectivity index (χ1v) is 8.52. The minimum Gasteiger partial charge on any atom is -0.352 e. The zero-order valence-corrected chi connectivity index (χ0v) is 13.3. The molecule has 19 heavy (non-hydrogen) atoms. The molecule has 0 aromatic carbocycles. The van der Waals surface area contributed by atoms with Crippen molar-refractivity contribution in [2.24, 2.45) is 17.6 Å². The summed E-state index contributed by atoms with van der Waals surface area (Å²) in [4.78, 5) is 12.1. The van der Waals surface area contributed by atoms with E-state index in [4.69, 9.17) is 5.73 Å². The Morgan fingerprint density at radius 3 is 2.37 bits per heavy atom. The summed E-state index contributed by atoms with van der Waals surface area (Å²) in [5.74, 6) is 2.01. The van der Waals surface area contributed by atoms with Crippen molar-refractivity contribution in [3.63, 3.8) is 0 Å². The van der Waals surface area contributed by atoms with Gasteiger partial charge in [0.2, 0.25) is 5.91 Å². The topological polar surface area (TPSA) is 55.1 Å². The van der Waals surface area contributed by atoms with Crippen molar-refractivity contribution in [1.29, 1.82) is 0 Å². The minimum atomic E-state index is 0.155. The van der Waals surface area contributed by atoms with Crippen LogP contribution in [0.15, 0.2) is 0 Å². The molecule has 0 spiro atoms.